The van der Waals surface area contributed by atoms with E-state index in [0.29, 0.717) is 0 Å². The highest BCUT2D eigenvalue weighted by molar-refractivity contribution is 6.42. The molecular formula is C6H14O2Si. The minimum absolute atomic E-state index is 0.737. The number of hydrogen-bond donors (Lipinski definition) is 0. The molecule has 0 aliphatic carbocycles. The Morgan fingerprint density at radius 3 is 2.56 bits per heavy atom. The molecule has 0 bridgehead atoms. The SMILES string of the molecule is C=C(C)O[SiH](C)OCC. The van der Waals surface area contributed by atoms with Gasteiger partial charge in [-0.3, -0.25) is 0 Å². The van der Waals surface area contributed by atoms with Gasteiger partial charge in [-0.1, -0.05) is 6.58 Å². The maximum absolute atomic E-state index is 5.21. The van der Waals surface area contributed by atoms with Gasteiger partial charge in [0.25, 0.3) is 0 Å². The standard InChI is InChI=1S/C6H14O2Si/c1-5-7-9(4)8-6(2)3/h9H,2,5H2,1,3-4H3. The molecule has 0 fully saturated rings. The van der Waals surface area contributed by atoms with Gasteiger partial charge >= 0.3 is 9.28 Å². The van der Waals surface area contributed by atoms with E-state index < -0.39 is 9.28 Å². The zero-order valence-electron chi connectivity index (χ0n) is 6.31. The van der Waals surface area contributed by atoms with E-state index in [0.717, 1.165) is 12.4 Å². The first-order valence-corrected chi connectivity index (χ1v) is 5.20. The van der Waals surface area contributed by atoms with E-state index in [1.807, 2.05) is 20.4 Å². The third kappa shape index (κ3) is 5.59. The van der Waals surface area contributed by atoms with E-state index >= 15 is 0 Å². The highest BCUT2D eigenvalue weighted by Crippen LogP contribution is 1.95. The molecular weight excluding hydrogens is 132 g/mol. The maximum Gasteiger partial charge on any atom is 0.378 e. The number of allylic oxidation sites excluding steroid dienone is 1. The first kappa shape index (κ1) is 8.72. The zero-order chi connectivity index (χ0) is 7.28. The van der Waals surface area contributed by atoms with Gasteiger partial charge in [0.15, 0.2) is 0 Å². The molecule has 0 aromatic rings. The van der Waals surface area contributed by atoms with E-state index in [9.17, 15) is 0 Å². The Labute approximate surface area is 58.3 Å². The van der Waals surface area contributed by atoms with Crippen LogP contribution in [-0.4, -0.2) is 15.9 Å². The van der Waals surface area contributed by atoms with Crippen molar-refractivity contribution in [3.8, 4) is 0 Å². The fraction of sp³-hybridized carbons (Fsp3) is 0.667. The van der Waals surface area contributed by atoms with Gasteiger partial charge in [-0.25, -0.2) is 0 Å². The van der Waals surface area contributed by atoms with Crippen LogP contribution in [0.25, 0.3) is 0 Å². The van der Waals surface area contributed by atoms with E-state index in [-0.39, 0.29) is 0 Å². The minimum atomic E-state index is -1.36. The summed E-state index contributed by atoms with van der Waals surface area (Å²) >= 11 is 0. The minimum Gasteiger partial charge on any atom is -0.527 e. The highest BCUT2D eigenvalue weighted by atomic mass is 28.3. The Hall–Kier alpha value is -0.283. The summed E-state index contributed by atoms with van der Waals surface area (Å²) in [5.41, 5.74) is 0. The summed E-state index contributed by atoms with van der Waals surface area (Å²) in [5.74, 6) is 0.752. The molecule has 3 heteroatoms. The van der Waals surface area contributed by atoms with Crippen molar-refractivity contribution >= 4 is 9.28 Å². The molecule has 1 atom stereocenters. The maximum atomic E-state index is 5.21. The van der Waals surface area contributed by atoms with Crippen molar-refractivity contribution in [3.63, 3.8) is 0 Å². The van der Waals surface area contributed by atoms with Crippen LogP contribution in [0.3, 0.4) is 0 Å². The average Bonchev–Trinajstić information content (AvgIpc) is 1.63. The molecule has 0 aliphatic rings. The van der Waals surface area contributed by atoms with Crippen LogP contribution in [0.4, 0.5) is 0 Å². The molecule has 0 aliphatic heterocycles. The Bertz CT molecular complexity index is 93.1. The van der Waals surface area contributed by atoms with Crippen LogP contribution in [0.5, 0.6) is 0 Å². The van der Waals surface area contributed by atoms with Crippen molar-refractivity contribution in [2.75, 3.05) is 6.61 Å². The lowest BCUT2D eigenvalue weighted by Gasteiger charge is -2.11. The van der Waals surface area contributed by atoms with Crippen LogP contribution < -0.4 is 0 Å². The van der Waals surface area contributed by atoms with Gasteiger partial charge in [0, 0.05) is 6.61 Å². The molecule has 0 radical (unpaired) electrons. The molecule has 54 valence electrons. The summed E-state index contributed by atoms with van der Waals surface area (Å²) in [5, 5.41) is 0. The van der Waals surface area contributed by atoms with Gasteiger partial charge in [0.05, 0.1) is 5.76 Å². The molecule has 0 aromatic heterocycles. The van der Waals surface area contributed by atoms with Gasteiger partial charge in [-0.05, 0) is 20.4 Å². The van der Waals surface area contributed by atoms with E-state index in [4.69, 9.17) is 8.85 Å². The molecule has 9 heavy (non-hydrogen) atoms. The van der Waals surface area contributed by atoms with Gasteiger partial charge in [0.2, 0.25) is 0 Å². The van der Waals surface area contributed by atoms with E-state index in [2.05, 4.69) is 6.58 Å². The summed E-state index contributed by atoms with van der Waals surface area (Å²) in [6, 6.07) is 0. The first-order valence-electron chi connectivity index (χ1n) is 3.10. The van der Waals surface area contributed by atoms with Gasteiger partial charge in [0.1, 0.15) is 0 Å². The molecule has 0 saturated carbocycles. The van der Waals surface area contributed by atoms with Crippen molar-refractivity contribution in [1.82, 2.24) is 0 Å². The van der Waals surface area contributed by atoms with Crippen molar-refractivity contribution in [3.05, 3.63) is 12.3 Å². The molecule has 0 saturated heterocycles. The van der Waals surface area contributed by atoms with Crippen molar-refractivity contribution < 1.29 is 8.85 Å². The summed E-state index contributed by atoms with van der Waals surface area (Å²) in [6.45, 7) is 10.1. The monoisotopic (exact) mass is 146 g/mol. The zero-order valence-corrected chi connectivity index (χ0v) is 7.46. The highest BCUT2D eigenvalue weighted by Gasteiger charge is 2.03. The smallest absolute Gasteiger partial charge is 0.378 e. The van der Waals surface area contributed by atoms with Crippen molar-refractivity contribution in [2.24, 2.45) is 0 Å². The number of hydrogen-bond acceptors (Lipinski definition) is 2. The molecule has 0 heterocycles. The Balaban J connectivity index is 3.26. The van der Waals surface area contributed by atoms with E-state index in [1.54, 1.807) is 0 Å². The van der Waals surface area contributed by atoms with Gasteiger partial charge in [-0.2, -0.15) is 0 Å². The predicted molar refractivity (Wildman–Crippen MR) is 40.5 cm³/mol. The summed E-state index contributed by atoms with van der Waals surface area (Å²) in [4.78, 5) is 0. The van der Waals surface area contributed by atoms with Crippen LogP contribution in [0.15, 0.2) is 12.3 Å². The van der Waals surface area contributed by atoms with Gasteiger partial charge < -0.3 is 8.85 Å². The number of rotatable bonds is 4. The Morgan fingerprint density at radius 2 is 2.22 bits per heavy atom. The van der Waals surface area contributed by atoms with Crippen LogP contribution >= 0.6 is 0 Å². The average molecular weight is 146 g/mol. The quantitative estimate of drug-likeness (QED) is 0.441. The topological polar surface area (TPSA) is 18.5 Å². The lowest BCUT2D eigenvalue weighted by molar-refractivity contribution is 0.254. The largest absolute Gasteiger partial charge is 0.527 e. The third-order valence-electron chi connectivity index (χ3n) is 0.769. The summed E-state index contributed by atoms with van der Waals surface area (Å²) in [6.07, 6.45) is 0. The van der Waals surface area contributed by atoms with Crippen LogP contribution in [-0.2, 0) is 8.85 Å². The summed E-state index contributed by atoms with van der Waals surface area (Å²) in [7, 11) is -1.36. The Morgan fingerprint density at radius 1 is 1.67 bits per heavy atom. The molecule has 0 spiro atoms. The second-order valence-corrected chi connectivity index (χ2v) is 3.55. The normalized spacial score (nSPS) is 12.8. The van der Waals surface area contributed by atoms with Crippen LogP contribution in [0.2, 0.25) is 6.55 Å². The lowest BCUT2D eigenvalue weighted by Crippen LogP contribution is -2.16. The third-order valence-corrected chi connectivity index (χ3v) is 2.31. The molecule has 0 amide bonds. The van der Waals surface area contributed by atoms with Crippen molar-refractivity contribution in [2.45, 2.75) is 20.4 Å². The second kappa shape index (κ2) is 4.58. The molecule has 0 aromatic carbocycles. The lowest BCUT2D eigenvalue weighted by atomic mass is 10.7. The molecule has 0 rings (SSSR count). The predicted octanol–water partition coefficient (Wildman–Crippen LogP) is 1.42. The second-order valence-electron chi connectivity index (χ2n) is 1.84. The molecule has 1 unspecified atom stereocenters. The van der Waals surface area contributed by atoms with Crippen molar-refractivity contribution in [1.29, 1.82) is 0 Å². The molecule has 2 nitrogen and oxygen atoms in total. The van der Waals surface area contributed by atoms with Crippen LogP contribution in [0, 0.1) is 0 Å². The fourth-order valence-corrected chi connectivity index (χ4v) is 1.66. The molecule has 0 N–H and O–H groups in total. The summed E-state index contributed by atoms with van der Waals surface area (Å²) < 4.78 is 10.4. The fourth-order valence-electron chi connectivity index (χ4n) is 0.552. The Kier molecular flexibility index (Phi) is 4.44. The van der Waals surface area contributed by atoms with Crippen LogP contribution in [0.1, 0.15) is 13.8 Å². The van der Waals surface area contributed by atoms with Gasteiger partial charge in [-0.15, -0.1) is 0 Å². The first-order chi connectivity index (χ1) is 4.16. The van der Waals surface area contributed by atoms with E-state index in [1.165, 1.54) is 0 Å².